The maximum absolute atomic E-state index is 2.99. The van der Waals surface area contributed by atoms with Crippen LogP contribution in [0.3, 0.4) is 0 Å². The molecule has 0 fully saturated rings. The maximum Gasteiger partial charge on any atom is 4.00 e. The summed E-state index contributed by atoms with van der Waals surface area (Å²) >= 11 is 0. The first-order valence-electron chi connectivity index (χ1n) is 4.62. The average Bonchev–Trinajstić information content (AvgIpc) is 2.92. The summed E-state index contributed by atoms with van der Waals surface area (Å²) in [6, 6.07) is 10.1. The van der Waals surface area contributed by atoms with Crippen molar-refractivity contribution in [2.45, 2.75) is 6.42 Å². The number of hydrogen-bond donors (Lipinski definition) is 1. The van der Waals surface area contributed by atoms with E-state index in [-0.39, 0.29) is 65.9 Å². The number of fused-ring (bicyclic) bond motifs is 1. The van der Waals surface area contributed by atoms with Crippen molar-refractivity contribution in [3.8, 4) is 0 Å². The fourth-order valence-electron chi connectivity index (χ4n) is 1.27. The van der Waals surface area contributed by atoms with Crippen molar-refractivity contribution in [2.75, 3.05) is 0 Å². The van der Waals surface area contributed by atoms with Crippen LogP contribution in [0.25, 0.3) is 10.9 Å². The SMILES string of the molecule is Cl.Cl.[C-]1=CC=CC1.[CH3-].[CH3-].[Zr+4].[c-]1cc2ccccc2[nH]1. The maximum atomic E-state index is 2.99. The minimum absolute atomic E-state index is 0. The Balaban J connectivity index is -0.000000102. The van der Waals surface area contributed by atoms with Crippen molar-refractivity contribution in [1.82, 2.24) is 4.98 Å². The fourth-order valence-corrected chi connectivity index (χ4v) is 1.27. The summed E-state index contributed by atoms with van der Waals surface area (Å²) in [5.41, 5.74) is 1.15. The van der Waals surface area contributed by atoms with Gasteiger partial charge in [0.05, 0.1) is 0 Å². The molecule has 0 saturated carbocycles. The van der Waals surface area contributed by atoms with Gasteiger partial charge in [0.1, 0.15) is 0 Å². The zero-order chi connectivity index (χ0) is 9.64. The van der Waals surface area contributed by atoms with E-state index in [0.29, 0.717) is 0 Å². The molecule has 1 nitrogen and oxygen atoms in total. The second kappa shape index (κ2) is 15.8. The van der Waals surface area contributed by atoms with E-state index in [0.717, 1.165) is 11.9 Å². The van der Waals surface area contributed by atoms with Gasteiger partial charge < -0.3 is 19.8 Å². The smallest absolute Gasteiger partial charge is 0.477 e. The van der Waals surface area contributed by atoms with Crippen molar-refractivity contribution in [2.24, 2.45) is 0 Å². The molecule has 102 valence electrons. The van der Waals surface area contributed by atoms with Gasteiger partial charge in [0.2, 0.25) is 0 Å². The molecule has 2 aromatic rings. The Kier molecular flexibility index (Phi) is 22.5. The Hall–Kier alpha value is -0.297. The van der Waals surface area contributed by atoms with Crippen LogP contribution < -0.4 is 0 Å². The molecule has 1 aromatic carbocycles. The van der Waals surface area contributed by atoms with E-state index in [9.17, 15) is 0 Å². The van der Waals surface area contributed by atoms with Crippen LogP contribution in [0.5, 0.6) is 0 Å². The summed E-state index contributed by atoms with van der Waals surface area (Å²) in [5, 5.41) is 1.22. The van der Waals surface area contributed by atoms with Gasteiger partial charge in [-0.1, -0.05) is 12.1 Å². The predicted molar refractivity (Wildman–Crippen MR) is 86.0 cm³/mol. The third-order valence-electron chi connectivity index (χ3n) is 1.98. The molecule has 1 heterocycles. The molecule has 0 unspecified atom stereocenters. The molecule has 0 atom stereocenters. The van der Waals surface area contributed by atoms with Crippen molar-refractivity contribution in [3.63, 3.8) is 0 Å². The first kappa shape index (κ1) is 27.1. The summed E-state index contributed by atoms with van der Waals surface area (Å²) < 4.78 is 0. The van der Waals surface area contributed by atoms with Gasteiger partial charge in [-0.05, 0) is 0 Å². The third kappa shape index (κ3) is 9.27. The summed E-state index contributed by atoms with van der Waals surface area (Å²) in [7, 11) is 0. The summed E-state index contributed by atoms with van der Waals surface area (Å²) in [6.07, 6.45) is 12.9. The van der Waals surface area contributed by atoms with Gasteiger partial charge >= 0.3 is 26.2 Å². The molecule has 1 aliphatic rings. The molecule has 0 aliphatic heterocycles. The fraction of sp³-hybridized carbons (Fsp3) is 0.0667. The van der Waals surface area contributed by atoms with E-state index >= 15 is 0 Å². The molecule has 0 bridgehead atoms. The number of hydrogen-bond acceptors (Lipinski definition) is 0. The van der Waals surface area contributed by atoms with Crippen LogP contribution in [0.4, 0.5) is 0 Å². The minimum atomic E-state index is 0. The number of aromatic amines is 1. The Morgan fingerprint density at radius 3 is 2.21 bits per heavy atom. The van der Waals surface area contributed by atoms with Crippen molar-refractivity contribution in [1.29, 1.82) is 0 Å². The molecule has 0 spiro atoms. The van der Waals surface area contributed by atoms with Crippen LogP contribution in [0.15, 0.2) is 48.6 Å². The van der Waals surface area contributed by atoms with Crippen LogP contribution in [-0.2, 0) is 26.2 Å². The first-order valence-corrected chi connectivity index (χ1v) is 4.62. The molecule has 19 heavy (non-hydrogen) atoms. The monoisotopic (exact) mass is 373 g/mol. The zero-order valence-electron chi connectivity index (χ0n) is 11.1. The van der Waals surface area contributed by atoms with E-state index in [1.165, 1.54) is 5.39 Å². The Bertz CT molecular complexity index is 424. The second-order valence-electron chi connectivity index (χ2n) is 3.00. The molecule has 0 amide bonds. The Labute approximate surface area is 148 Å². The van der Waals surface area contributed by atoms with Gasteiger partial charge in [-0.3, -0.25) is 6.08 Å². The van der Waals surface area contributed by atoms with Crippen LogP contribution >= 0.6 is 24.8 Å². The van der Waals surface area contributed by atoms with Crippen LogP contribution in [0.1, 0.15) is 6.42 Å². The number of H-pyrrole nitrogens is 1. The molecular weight excluding hydrogens is 356 g/mol. The average molecular weight is 375 g/mol. The Morgan fingerprint density at radius 2 is 1.74 bits per heavy atom. The number of allylic oxidation sites excluding steroid dienone is 4. The van der Waals surface area contributed by atoms with Gasteiger partial charge in [0.25, 0.3) is 0 Å². The van der Waals surface area contributed by atoms with Gasteiger partial charge in [-0.15, -0.1) is 55.1 Å². The predicted octanol–water partition coefficient (Wildman–Crippen LogP) is 5.02. The number of rotatable bonds is 0. The van der Waals surface area contributed by atoms with Crippen molar-refractivity contribution >= 4 is 35.7 Å². The molecule has 4 heteroatoms. The van der Waals surface area contributed by atoms with Crippen LogP contribution in [-0.4, -0.2) is 4.98 Å². The summed E-state index contributed by atoms with van der Waals surface area (Å²) in [5.74, 6) is 0. The van der Waals surface area contributed by atoms with Gasteiger partial charge in [-0.25, -0.2) is 12.2 Å². The van der Waals surface area contributed by atoms with Gasteiger partial charge in [-0.2, -0.15) is 17.5 Å². The number of aromatic nitrogens is 1. The first-order chi connectivity index (χ1) is 6.97. The van der Waals surface area contributed by atoms with Crippen LogP contribution in [0.2, 0.25) is 0 Å². The molecule has 1 aromatic heterocycles. The Morgan fingerprint density at radius 1 is 1.05 bits per heavy atom. The molecule has 0 saturated heterocycles. The van der Waals surface area contributed by atoms with E-state index in [4.69, 9.17) is 0 Å². The molecule has 1 aliphatic carbocycles. The largest absolute Gasteiger partial charge is 4.00 e. The number of nitrogens with one attached hydrogen (secondary N) is 1. The van der Waals surface area contributed by atoms with E-state index in [2.05, 4.69) is 29.4 Å². The van der Waals surface area contributed by atoms with Gasteiger partial charge in [0, 0.05) is 0 Å². The standard InChI is InChI=1S/C8H6N.C5H5.2CH3.2ClH.Zr/c1-2-4-8-7(3-1)5-6-9-8;1-2-4-5-3-1;;;;;/h1-5,9H;1-3H,4H2;2*1H3;2*1H;/q4*-1;;;+4. The van der Waals surface area contributed by atoms with Gasteiger partial charge in [0.15, 0.2) is 0 Å². The number of halogens is 2. The van der Waals surface area contributed by atoms with Crippen LogP contribution in [0, 0.1) is 27.1 Å². The summed E-state index contributed by atoms with van der Waals surface area (Å²) in [4.78, 5) is 2.99. The van der Waals surface area contributed by atoms with E-state index in [1.807, 2.05) is 36.4 Å². The normalized spacial score (nSPS) is 9.47. The number of para-hydroxylation sites is 1. The number of benzene rings is 1. The third-order valence-corrected chi connectivity index (χ3v) is 1.98. The van der Waals surface area contributed by atoms with E-state index < -0.39 is 0 Å². The zero-order valence-corrected chi connectivity index (χ0v) is 15.2. The molecule has 3 rings (SSSR count). The second-order valence-corrected chi connectivity index (χ2v) is 3.00. The van der Waals surface area contributed by atoms with Crippen molar-refractivity contribution in [3.05, 3.63) is 75.7 Å². The summed E-state index contributed by atoms with van der Waals surface area (Å²) in [6.45, 7) is 0. The quantitative estimate of drug-likeness (QED) is 0.623. The molecular formula is C15H19Cl2NZr. The molecule has 1 N–H and O–H groups in total. The van der Waals surface area contributed by atoms with E-state index in [1.54, 1.807) is 0 Å². The molecule has 0 radical (unpaired) electrons. The van der Waals surface area contributed by atoms with Crippen molar-refractivity contribution < 1.29 is 26.2 Å². The topological polar surface area (TPSA) is 15.8 Å². The minimum Gasteiger partial charge on any atom is -0.477 e.